The van der Waals surface area contributed by atoms with Crippen LogP contribution in [0.2, 0.25) is 0 Å². The molecular formula is C13H20BrN3O2S. The van der Waals surface area contributed by atoms with Gasteiger partial charge in [-0.1, -0.05) is 6.92 Å². The highest BCUT2D eigenvalue weighted by molar-refractivity contribution is 9.10. The Labute approximate surface area is 128 Å². The van der Waals surface area contributed by atoms with Crippen molar-refractivity contribution in [3.05, 3.63) is 22.7 Å². The second kappa shape index (κ2) is 6.43. The number of rotatable bonds is 5. The Hall–Kier alpha value is -0.630. The maximum Gasteiger partial charge on any atom is 0.240 e. The minimum Gasteiger partial charge on any atom is -0.398 e. The van der Waals surface area contributed by atoms with E-state index < -0.39 is 10.0 Å². The molecule has 0 amide bonds. The van der Waals surface area contributed by atoms with E-state index in [1.807, 2.05) is 0 Å². The van der Waals surface area contributed by atoms with Crippen LogP contribution in [0.15, 0.2) is 27.6 Å². The van der Waals surface area contributed by atoms with Gasteiger partial charge in [0.1, 0.15) is 0 Å². The van der Waals surface area contributed by atoms with Crippen LogP contribution < -0.4 is 10.5 Å². The third-order valence-corrected chi connectivity index (χ3v) is 5.80. The molecule has 112 valence electrons. The number of nitrogens with two attached hydrogens (primary N) is 1. The highest BCUT2D eigenvalue weighted by Crippen LogP contribution is 2.23. The Morgan fingerprint density at radius 2 is 2.25 bits per heavy atom. The van der Waals surface area contributed by atoms with Crippen LogP contribution >= 0.6 is 15.9 Å². The molecule has 0 aliphatic carbocycles. The lowest BCUT2D eigenvalue weighted by Gasteiger charge is -2.14. The van der Waals surface area contributed by atoms with Crippen LogP contribution in [0, 0.1) is 5.92 Å². The molecule has 2 rings (SSSR count). The van der Waals surface area contributed by atoms with Crippen molar-refractivity contribution in [3.63, 3.8) is 0 Å². The topological polar surface area (TPSA) is 75.4 Å². The standard InChI is InChI=1S/C13H20BrN3O2S/c1-2-17-6-5-10(9-17)8-16-20(18,19)11-3-4-12(14)13(15)7-11/h3-4,7,10,16H,2,5-6,8-9,15H2,1H3. The normalized spacial score (nSPS) is 20.4. The largest absolute Gasteiger partial charge is 0.398 e. The third kappa shape index (κ3) is 3.72. The molecule has 1 aliphatic heterocycles. The van der Waals surface area contributed by atoms with Crippen molar-refractivity contribution in [2.24, 2.45) is 5.92 Å². The summed E-state index contributed by atoms with van der Waals surface area (Å²) in [4.78, 5) is 2.54. The average molecular weight is 362 g/mol. The van der Waals surface area contributed by atoms with E-state index in [1.165, 1.54) is 6.07 Å². The van der Waals surface area contributed by atoms with Crippen molar-refractivity contribution >= 4 is 31.6 Å². The van der Waals surface area contributed by atoms with E-state index in [-0.39, 0.29) is 4.90 Å². The van der Waals surface area contributed by atoms with Gasteiger partial charge in [-0.3, -0.25) is 0 Å². The lowest BCUT2D eigenvalue weighted by molar-refractivity contribution is 0.342. The van der Waals surface area contributed by atoms with Gasteiger partial charge in [-0.25, -0.2) is 13.1 Å². The smallest absolute Gasteiger partial charge is 0.240 e. The number of benzene rings is 1. The molecule has 1 heterocycles. The molecule has 20 heavy (non-hydrogen) atoms. The predicted molar refractivity (Wildman–Crippen MR) is 84.0 cm³/mol. The molecular weight excluding hydrogens is 342 g/mol. The molecule has 1 aromatic rings. The van der Waals surface area contributed by atoms with E-state index in [0.717, 1.165) is 26.1 Å². The third-order valence-electron chi connectivity index (χ3n) is 3.66. The quantitative estimate of drug-likeness (QED) is 0.781. The summed E-state index contributed by atoms with van der Waals surface area (Å²) in [5.41, 5.74) is 6.15. The fourth-order valence-corrected chi connectivity index (χ4v) is 3.76. The van der Waals surface area contributed by atoms with Crippen molar-refractivity contribution in [3.8, 4) is 0 Å². The van der Waals surface area contributed by atoms with Crippen molar-refractivity contribution in [2.75, 3.05) is 31.9 Å². The second-order valence-electron chi connectivity index (χ2n) is 5.08. The van der Waals surface area contributed by atoms with Crippen LogP contribution in [0.5, 0.6) is 0 Å². The molecule has 1 aromatic carbocycles. The summed E-state index contributed by atoms with van der Waals surface area (Å²) in [6.07, 6.45) is 1.04. The minimum atomic E-state index is -3.48. The monoisotopic (exact) mass is 361 g/mol. The summed E-state index contributed by atoms with van der Waals surface area (Å²) < 4.78 is 27.8. The summed E-state index contributed by atoms with van der Waals surface area (Å²) in [5.74, 6) is 0.387. The van der Waals surface area contributed by atoms with Crippen molar-refractivity contribution in [1.29, 1.82) is 0 Å². The summed E-state index contributed by atoms with van der Waals surface area (Å²) in [6, 6.07) is 4.67. The molecule has 1 fully saturated rings. The lowest BCUT2D eigenvalue weighted by atomic mass is 10.1. The number of hydrogen-bond donors (Lipinski definition) is 2. The van der Waals surface area contributed by atoms with E-state index in [0.29, 0.717) is 22.6 Å². The first-order chi connectivity index (χ1) is 9.42. The molecule has 0 saturated carbocycles. The molecule has 1 atom stereocenters. The average Bonchev–Trinajstić information content (AvgIpc) is 2.87. The first-order valence-electron chi connectivity index (χ1n) is 6.69. The Bertz CT molecular complexity index is 577. The number of nitrogens with one attached hydrogen (secondary N) is 1. The Morgan fingerprint density at radius 1 is 1.50 bits per heavy atom. The summed E-state index contributed by atoms with van der Waals surface area (Å²) in [6.45, 7) is 5.63. The van der Waals surface area contributed by atoms with Crippen LogP contribution in [0.25, 0.3) is 0 Å². The van der Waals surface area contributed by atoms with Crippen LogP contribution in [-0.2, 0) is 10.0 Å². The van der Waals surface area contributed by atoms with Gasteiger partial charge in [0.25, 0.3) is 0 Å². The Kier molecular flexibility index (Phi) is 5.06. The zero-order chi connectivity index (χ0) is 14.8. The van der Waals surface area contributed by atoms with E-state index in [1.54, 1.807) is 12.1 Å². The molecule has 0 bridgehead atoms. The van der Waals surface area contributed by atoms with Gasteiger partial charge < -0.3 is 10.6 Å². The van der Waals surface area contributed by atoms with Crippen molar-refractivity contribution in [1.82, 2.24) is 9.62 Å². The number of sulfonamides is 1. The summed E-state index contributed by atoms with van der Waals surface area (Å²) in [7, 11) is -3.48. The first kappa shape index (κ1) is 15.8. The number of nitrogens with zero attached hydrogens (tertiary/aromatic N) is 1. The molecule has 5 nitrogen and oxygen atoms in total. The fraction of sp³-hybridized carbons (Fsp3) is 0.538. The predicted octanol–water partition coefficient (Wildman–Crippen LogP) is 1.65. The number of hydrogen-bond acceptors (Lipinski definition) is 4. The van der Waals surface area contributed by atoms with Gasteiger partial charge in [0.05, 0.1) is 4.90 Å². The highest BCUT2D eigenvalue weighted by Gasteiger charge is 2.23. The van der Waals surface area contributed by atoms with Gasteiger partial charge in [0.2, 0.25) is 10.0 Å². The van der Waals surface area contributed by atoms with Crippen LogP contribution in [0.4, 0.5) is 5.69 Å². The molecule has 1 unspecified atom stereocenters. The molecule has 3 N–H and O–H groups in total. The number of anilines is 1. The fourth-order valence-electron chi connectivity index (χ4n) is 2.37. The van der Waals surface area contributed by atoms with Gasteiger partial charge >= 0.3 is 0 Å². The van der Waals surface area contributed by atoms with Crippen LogP contribution in [0.3, 0.4) is 0 Å². The zero-order valence-electron chi connectivity index (χ0n) is 11.5. The van der Waals surface area contributed by atoms with Gasteiger partial charge in [-0.05, 0) is 59.6 Å². The Morgan fingerprint density at radius 3 is 2.85 bits per heavy atom. The summed E-state index contributed by atoms with van der Waals surface area (Å²) >= 11 is 3.26. The first-order valence-corrected chi connectivity index (χ1v) is 8.97. The zero-order valence-corrected chi connectivity index (χ0v) is 13.9. The molecule has 0 aromatic heterocycles. The maximum absolute atomic E-state index is 12.2. The molecule has 0 spiro atoms. The summed E-state index contributed by atoms with van der Waals surface area (Å²) in [5, 5.41) is 0. The maximum atomic E-state index is 12.2. The van der Waals surface area contributed by atoms with E-state index in [2.05, 4.69) is 32.5 Å². The van der Waals surface area contributed by atoms with E-state index in [9.17, 15) is 8.42 Å². The molecule has 7 heteroatoms. The van der Waals surface area contributed by atoms with Crippen LogP contribution in [-0.4, -0.2) is 39.5 Å². The minimum absolute atomic E-state index is 0.212. The SMILES string of the molecule is CCN1CCC(CNS(=O)(=O)c2ccc(Br)c(N)c2)C1. The Balaban J connectivity index is 1.99. The van der Waals surface area contributed by atoms with Gasteiger partial charge in [-0.2, -0.15) is 0 Å². The van der Waals surface area contributed by atoms with E-state index >= 15 is 0 Å². The molecule has 1 saturated heterocycles. The van der Waals surface area contributed by atoms with E-state index in [4.69, 9.17) is 5.73 Å². The number of likely N-dealkylation sites (tertiary alicyclic amines) is 1. The van der Waals surface area contributed by atoms with Crippen LogP contribution in [0.1, 0.15) is 13.3 Å². The lowest BCUT2D eigenvalue weighted by Crippen LogP contribution is -2.31. The van der Waals surface area contributed by atoms with Crippen molar-refractivity contribution < 1.29 is 8.42 Å². The number of halogens is 1. The highest BCUT2D eigenvalue weighted by atomic mass is 79.9. The van der Waals surface area contributed by atoms with Gasteiger partial charge in [0.15, 0.2) is 0 Å². The van der Waals surface area contributed by atoms with Gasteiger partial charge in [0, 0.05) is 23.2 Å². The molecule has 1 aliphatic rings. The second-order valence-corrected chi connectivity index (χ2v) is 7.70. The van der Waals surface area contributed by atoms with Gasteiger partial charge in [-0.15, -0.1) is 0 Å². The van der Waals surface area contributed by atoms with Crippen molar-refractivity contribution in [2.45, 2.75) is 18.2 Å². The molecule has 0 radical (unpaired) electrons. The number of nitrogen functional groups attached to an aromatic ring is 1.